The Bertz CT molecular complexity index is 281. The molecule has 106 valence electrons. The van der Waals surface area contributed by atoms with Gasteiger partial charge in [0.1, 0.15) is 0 Å². The first-order chi connectivity index (χ1) is 8.29. The Morgan fingerprint density at radius 1 is 1.22 bits per heavy atom. The van der Waals surface area contributed by atoms with Crippen molar-refractivity contribution in [3.63, 3.8) is 0 Å². The van der Waals surface area contributed by atoms with Gasteiger partial charge in [-0.2, -0.15) is 0 Å². The lowest BCUT2D eigenvalue weighted by molar-refractivity contribution is -0.128. The van der Waals surface area contributed by atoms with Crippen LogP contribution >= 0.6 is 0 Å². The summed E-state index contributed by atoms with van der Waals surface area (Å²) in [4.78, 5) is 24.9. The van der Waals surface area contributed by atoms with Crippen LogP contribution in [0.15, 0.2) is 0 Å². The maximum atomic E-state index is 11.6. The lowest BCUT2D eigenvalue weighted by Gasteiger charge is -2.28. The van der Waals surface area contributed by atoms with E-state index in [2.05, 4.69) is 10.7 Å². The van der Waals surface area contributed by atoms with Crippen molar-refractivity contribution >= 4 is 11.8 Å². The molecule has 0 radical (unpaired) electrons. The number of hydrogen-bond donors (Lipinski definition) is 3. The summed E-state index contributed by atoms with van der Waals surface area (Å²) in [5.41, 5.74) is 2.13. The number of hydrazine groups is 1. The van der Waals surface area contributed by atoms with Crippen LogP contribution in [0, 0.1) is 11.8 Å². The summed E-state index contributed by atoms with van der Waals surface area (Å²) in [6.07, 6.45) is 0. The Morgan fingerprint density at radius 2 is 1.78 bits per heavy atom. The van der Waals surface area contributed by atoms with Gasteiger partial charge in [0.15, 0.2) is 0 Å². The van der Waals surface area contributed by atoms with Gasteiger partial charge in [0.2, 0.25) is 11.8 Å². The van der Waals surface area contributed by atoms with Gasteiger partial charge < -0.3 is 5.32 Å². The third-order valence-electron chi connectivity index (χ3n) is 3.08. The Morgan fingerprint density at radius 3 is 2.22 bits per heavy atom. The Balaban J connectivity index is 4.18. The third kappa shape index (κ3) is 5.97. The summed E-state index contributed by atoms with van der Waals surface area (Å²) in [6, 6.07) is -0.0571. The molecule has 0 aliphatic carbocycles. The van der Waals surface area contributed by atoms with E-state index in [1.807, 2.05) is 32.7 Å². The fraction of sp³-hybridized carbons (Fsp3) is 0.833. The van der Waals surface area contributed by atoms with Crippen molar-refractivity contribution in [1.82, 2.24) is 15.6 Å². The topological polar surface area (TPSA) is 87.5 Å². The van der Waals surface area contributed by atoms with Crippen molar-refractivity contribution < 1.29 is 9.59 Å². The van der Waals surface area contributed by atoms with E-state index >= 15 is 0 Å². The molecule has 2 unspecified atom stereocenters. The molecule has 2 amide bonds. The number of hydrogen-bond acceptors (Lipinski definition) is 4. The first-order valence-electron chi connectivity index (χ1n) is 6.27. The van der Waals surface area contributed by atoms with Gasteiger partial charge in [0.05, 0.1) is 12.5 Å². The van der Waals surface area contributed by atoms with Crippen LogP contribution < -0.4 is 16.6 Å². The smallest absolute Gasteiger partial charge is 0.238 e. The van der Waals surface area contributed by atoms with Crippen molar-refractivity contribution in [1.29, 1.82) is 0 Å². The average Bonchev–Trinajstić information content (AvgIpc) is 2.33. The summed E-state index contributed by atoms with van der Waals surface area (Å²) >= 11 is 0. The predicted octanol–water partition coefficient (Wildman–Crippen LogP) is -0.295. The van der Waals surface area contributed by atoms with Gasteiger partial charge in [-0.05, 0) is 19.9 Å². The Hall–Kier alpha value is -1.14. The molecule has 0 saturated heterocycles. The number of likely N-dealkylation sites (N-methyl/N-ethyl adjacent to an activating group) is 1. The fourth-order valence-corrected chi connectivity index (χ4v) is 1.48. The van der Waals surface area contributed by atoms with Gasteiger partial charge in [-0.1, -0.05) is 20.8 Å². The summed E-state index contributed by atoms with van der Waals surface area (Å²) in [5.74, 6) is 5.00. The molecule has 6 nitrogen and oxygen atoms in total. The molecule has 0 aromatic heterocycles. The van der Waals surface area contributed by atoms with E-state index < -0.39 is 0 Å². The molecule has 0 heterocycles. The van der Waals surface area contributed by atoms with Gasteiger partial charge in [-0.3, -0.25) is 19.9 Å². The molecule has 0 aliphatic heterocycles. The highest BCUT2D eigenvalue weighted by Gasteiger charge is 2.24. The highest BCUT2D eigenvalue weighted by molar-refractivity contribution is 5.79. The fourth-order valence-electron chi connectivity index (χ4n) is 1.48. The van der Waals surface area contributed by atoms with Crippen molar-refractivity contribution in [2.45, 2.75) is 33.7 Å². The molecule has 0 spiro atoms. The normalized spacial score (nSPS) is 14.4. The molecule has 0 bridgehead atoms. The summed E-state index contributed by atoms with van der Waals surface area (Å²) < 4.78 is 0. The zero-order valence-electron chi connectivity index (χ0n) is 12.0. The van der Waals surface area contributed by atoms with Crippen LogP contribution in [0.3, 0.4) is 0 Å². The van der Waals surface area contributed by atoms with E-state index in [-0.39, 0.29) is 30.3 Å². The third-order valence-corrected chi connectivity index (χ3v) is 3.08. The zero-order valence-corrected chi connectivity index (χ0v) is 12.0. The average molecular weight is 258 g/mol. The van der Waals surface area contributed by atoms with E-state index in [4.69, 9.17) is 5.84 Å². The molecule has 0 fully saturated rings. The van der Waals surface area contributed by atoms with Crippen LogP contribution in [0.4, 0.5) is 0 Å². The second-order valence-corrected chi connectivity index (χ2v) is 5.15. The summed E-state index contributed by atoms with van der Waals surface area (Å²) in [5, 5.41) is 2.84. The van der Waals surface area contributed by atoms with Gasteiger partial charge >= 0.3 is 0 Å². The lowest BCUT2D eigenvalue weighted by atomic mass is 10.0. The second kappa shape index (κ2) is 8.05. The maximum Gasteiger partial charge on any atom is 0.238 e. The highest BCUT2D eigenvalue weighted by atomic mass is 16.2. The van der Waals surface area contributed by atoms with Crippen molar-refractivity contribution in [3.8, 4) is 0 Å². The van der Waals surface area contributed by atoms with E-state index in [0.717, 1.165) is 0 Å². The number of nitrogens with one attached hydrogen (secondary N) is 2. The quantitative estimate of drug-likeness (QED) is 0.332. The number of carbonyl (C=O) groups excluding carboxylic acids is 2. The first kappa shape index (κ1) is 16.9. The minimum absolute atomic E-state index is 0.0293. The molecular weight excluding hydrogens is 232 g/mol. The number of rotatable bonds is 7. The van der Waals surface area contributed by atoms with Crippen LogP contribution in [0.1, 0.15) is 27.7 Å². The largest absolute Gasteiger partial charge is 0.355 e. The van der Waals surface area contributed by atoms with Crippen LogP contribution in [0.25, 0.3) is 0 Å². The Labute approximate surface area is 109 Å². The molecule has 0 rings (SSSR count). The van der Waals surface area contributed by atoms with Crippen LogP contribution in [0.2, 0.25) is 0 Å². The molecule has 18 heavy (non-hydrogen) atoms. The van der Waals surface area contributed by atoms with E-state index in [9.17, 15) is 9.59 Å². The SMILES string of the molecule is CC(C)CNC(=O)CN(C)C(C)C(C)C(=O)NN. The van der Waals surface area contributed by atoms with Crippen LogP contribution in [-0.4, -0.2) is 42.9 Å². The number of amides is 2. The monoisotopic (exact) mass is 258 g/mol. The molecule has 2 atom stereocenters. The van der Waals surface area contributed by atoms with Gasteiger partial charge in [-0.25, -0.2) is 5.84 Å². The first-order valence-corrected chi connectivity index (χ1v) is 6.27. The molecule has 6 heteroatoms. The van der Waals surface area contributed by atoms with E-state index in [0.29, 0.717) is 12.5 Å². The minimum Gasteiger partial charge on any atom is -0.355 e. The molecule has 0 aromatic carbocycles. The van der Waals surface area contributed by atoms with E-state index in [1.54, 1.807) is 6.92 Å². The van der Waals surface area contributed by atoms with Crippen molar-refractivity contribution in [2.75, 3.05) is 20.1 Å². The maximum absolute atomic E-state index is 11.6. The minimum atomic E-state index is -0.266. The summed E-state index contributed by atoms with van der Waals surface area (Å²) in [6.45, 7) is 8.71. The van der Waals surface area contributed by atoms with Gasteiger partial charge in [-0.15, -0.1) is 0 Å². The van der Waals surface area contributed by atoms with Gasteiger partial charge in [0, 0.05) is 12.6 Å². The second-order valence-electron chi connectivity index (χ2n) is 5.15. The number of carbonyl (C=O) groups is 2. The van der Waals surface area contributed by atoms with Crippen LogP contribution in [-0.2, 0) is 9.59 Å². The van der Waals surface area contributed by atoms with Crippen LogP contribution in [0.5, 0.6) is 0 Å². The Kier molecular flexibility index (Phi) is 7.54. The molecule has 0 aromatic rings. The zero-order chi connectivity index (χ0) is 14.3. The molecular formula is C12H26N4O2. The lowest BCUT2D eigenvalue weighted by Crippen LogP contribution is -2.47. The van der Waals surface area contributed by atoms with Crippen molar-refractivity contribution in [2.24, 2.45) is 17.7 Å². The number of nitrogens with zero attached hydrogens (tertiary/aromatic N) is 1. The summed E-state index contributed by atoms with van der Waals surface area (Å²) in [7, 11) is 1.82. The van der Waals surface area contributed by atoms with Crippen molar-refractivity contribution in [3.05, 3.63) is 0 Å². The number of nitrogens with two attached hydrogens (primary N) is 1. The van der Waals surface area contributed by atoms with E-state index in [1.165, 1.54) is 0 Å². The predicted molar refractivity (Wildman–Crippen MR) is 71.4 cm³/mol. The molecule has 0 aliphatic rings. The molecule has 0 saturated carbocycles. The standard InChI is InChI=1S/C12H26N4O2/c1-8(2)6-14-11(17)7-16(5)10(4)9(3)12(18)15-13/h8-10H,6-7,13H2,1-5H3,(H,14,17)(H,15,18). The molecule has 4 N–H and O–H groups in total. The van der Waals surface area contributed by atoms with Gasteiger partial charge in [0.25, 0.3) is 0 Å². The highest BCUT2D eigenvalue weighted by Crippen LogP contribution is 2.08.